The summed E-state index contributed by atoms with van der Waals surface area (Å²) in [5, 5.41) is 5.53. The van der Waals surface area contributed by atoms with E-state index in [1.54, 1.807) is 36.9 Å². The Kier molecular flexibility index (Phi) is 7.42. The van der Waals surface area contributed by atoms with E-state index in [0.29, 0.717) is 18.5 Å². The molecule has 0 unspecified atom stereocenters. The van der Waals surface area contributed by atoms with Crippen LogP contribution in [0.3, 0.4) is 0 Å². The number of fused-ring (bicyclic) bond motifs is 1. The van der Waals surface area contributed by atoms with Gasteiger partial charge in [-0.1, -0.05) is 19.9 Å². The Balaban J connectivity index is 0.00000149. The Bertz CT molecular complexity index is 1280. The van der Waals surface area contributed by atoms with Crippen molar-refractivity contribution in [3.8, 4) is 0 Å². The zero-order chi connectivity index (χ0) is 24.1. The molecule has 0 radical (unpaired) electrons. The van der Waals surface area contributed by atoms with E-state index in [1.807, 2.05) is 20.8 Å². The maximum atomic E-state index is 15.3. The van der Waals surface area contributed by atoms with Crippen molar-refractivity contribution in [3.05, 3.63) is 71.1 Å². The zero-order valence-electron chi connectivity index (χ0n) is 19.4. The molecule has 0 fully saturated rings. The molecule has 7 nitrogen and oxygen atoms in total. The smallest absolute Gasteiger partial charge is 0.253 e. The number of anilines is 2. The summed E-state index contributed by atoms with van der Waals surface area (Å²) in [7, 11) is 1.71. The number of halogens is 2. The van der Waals surface area contributed by atoms with E-state index < -0.39 is 17.5 Å². The van der Waals surface area contributed by atoms with E-state index >= 15 is 4.39 Å². The minimum Gasteiger partial charge on any atom is -0.352 e. The van der Waals surface area contributed by atoms with Gasteiger partial charge in [-0.25, -0.2) is 18.7 Å². The number of carbonyl (C=O) groups excluding carboxylic acids is 1. The molecular formula is C24H28F2N6O. The summed E-state index contributed by atoms with van der Waals surface area (Å²) in [6.45, 7) is 7.95. The molecule has 3 N–H and O–H groups in total. The number of nitrogens with one attached hydrogen (secondary N) is 3. The highest BCUT2D eigenvalue weighted by molar-refractivity contribution is 6.04. The quantitative estimate of drug-likeness (QED) is 0.385. The lowest BCUT2D eigenvalue weighted by Crippen LogP contribution is -2.27. The van der Waals surface area contributed by atoms with E-state index in [-0.39, 0.29) is 22.5 Å². The van der Waals surface area contributed by atoms with Crippen LogP contribution in [-0.4, -0.2) is 32.0 Å². The van der Waals surface area contributed by atoms with Crippen molar-refractivity contribution in [1.29, 1.82) is 0 Å². The van der Waals surface area contributed by atoms with Crippen molar-refractivity contribution in [3.63, 3.8) is 0 Å². The minimum absolute atomic E-state index is 0.0594. The third-order valence-electron chi connectivity index (χ3n) is 4.99. The lowest BCUT2D eigenvalue weighted by molar-refractivity contribution is 0.0954. The molecule has 0 saturated heterocycles. The lowest BCUT2D eigenvalue weighted by Gasteiger charge is -2.15. The molecule has 2 aromatic carbocycles. The topological polar surface area (TPSA) is 87.6 Å². The first-order valence-corrected chi connectivity index (χ1v) is 10.8. The second-order valence-corrected chi connectivity index (χ2v) is 7.46. The monoisotopic (exact) mass is 454 g/mol. The van der Waals surface area contributed by atoms with Crippen LogP contribution in [0, 0.1) is 25.5 Å². The highest BCUT2D eigenvalue weighted by atomic mass is 19.1. The first kappa shape index (κ1) is 23.9. The fourth-order valence-electron chi connectivity index (χ4n) is 3.37. The molecule has 4 aromatic rings. The predicted octanol–water partition coefficient (Wildman–Crippen LogP) is 4.93. The number of hydrogen-bond donors (Lipinski definition) is 3. The molecule has 174 valence electrons. The van der Waals surface area contributed by atoms with Gasteiger partial charge in [0.15, 0.2) is 5.82 Å². The highest BCUT2D eigenvalue weighted by Gasteiger charge is 2.22. The number of hydrogen-bond acceptors (Lipinski definition) is 4. The Hall–Kier alpha value is -3.75. The number of aromatic nitrogens is 4. The van der Waals surface area contributed by atoms with E-state index in [1.165, 1.54) is 18.5 Å². The van der Waals surface area contributed by atoms with E-state index in [0.717, 1.165) is 17.1 Å². The number of rotatable bonds is 6. The minimum atomic E-state index is -0.718. The standard InChI is InChI=1S/C22H22F2N6O.C2H6/c1-12-4-5-16(15(23)8-12)29-20-14(9-17-21(19(20)24)27-11-30(17)3)22(31)25-7-6-18-26-10-13(2)28-18;1-2/h4-5,8-11,29H,6-7H2,1-3H3,(H,25,31)(H,26,28);1-2H3. The number of imidazole rings is 2. The first-order chi connectivity index (χ1) is 15.8. The van der Waals surface area contributed by atoms with Gasteiger partial charge in [0.25, 0.3) is 5.91 Å². The zero-order valence-corrected chi connectivity index (χ0v) is 19.4. The molecule has 0 saturated carbocycles. The normalized spacial score (nSPS) is 10.6. The molecule has 0 aliphatic carbocycles. The molecule has 33 heavy (non-hydrogen) atoms. The Labute approximate surface area is 191 Å². The summed E-state index contributed by atoms with van der Waals surface area (Å²) in [6, 6.07) is 6.10. The predicted molar refractivity (Wildman–Crippen MR) is 126 cm³/mol. The van der Waals surface area contributed by atoms with Crippen molar-refractivity contribution >= 4 is 28.3 Å². The molecule has 9 heteroatoms. The Morgan fingerprint density at radius 2 is 1.91 bits per heavy atom. The van der Waals surface area contributed by atoms with Gasteiger partial charge in [0, 0.05) is 31.9 Å². The van der Waals surface area contributed by atoms with Crippen LogP contribution in [0.4, 0.5) is 20.2 Å². The number of aryl methyl sites for hydroxylation is 3. The maximum absolute atomic E-state index is 15.3. The van der Waals surface area contributed by atoms with Gasteiger partial charge in [0.1, 0.15) is 17.2 Å². The number of amides is 1. The van der Waals surface area contributed by atoms with Gasteiger partial charge < -0.3 is 20.2 Å². The molecule has 0 aliphatic heterocycles. The summed E-state index contributed by atoms with van der Waals surface area (Å²) in [5.41, 5.74) is 2.22. The van der Waals surface area contributed by atoms with Gasteiger partial charge in [-0.05, 0) is 37.6 Å². The van der Waals surface area contributed by atoms with Crippen molar-refractivity contribution < 1.29 is 13.6 Å². The van der Waals surface area contributed by atoms with Gasteiger partial charge >= 0.3 is 0 Å². The van der Waals surface area contributed by atoms with Crippen molar-refractivity contribution in [2.24, 2.45) is 7.05 Å². The number of nitrogens with zero attached hydrogens (tertiary/aromatic N) is 3. The van der Waals surface area contributed by atoms with Gasteiger partial charge in [-0.15, -0.1) is 0 Å². The van der Waals surface area contributed by atoms with Crippen LogP contribution in [-0.2, 0) is 13.5 Å². The number of H-pyrrole nitrogens is 1. The lowest BCUT2D eigenvalue weighted by atomic mass is 10.1. The molecule has 1 amide bonds. The van der Waals surface area contributed by atoms with Crippen LogP contribution in [0.5, 0.6) is 0 Å². The van der Waals surface area contributed by atoms with Crippen LogP contribution in [0.15, 0.2) is 36.8 Å². The van der Waals surface area contributed by atoms with Crippen molar-refractivity contribution in [1.82, 2.24) is 24.8 Å². The molecular weight excluding hydrogens is 426 g/mol. The maximum Gasteiger partial charge on any atom is 0.253 e. The molecule has 0 aliphatic rings. The molecule has 0 spiro atoms. The third-order valence-corrected chi connectivity index (χ3v) is 4.99. The van der Waals surface area contributed by atoms with Gasteiger partial charge in [0.2, 0.25) is 0 Å². The van der Waals surface area contributed by atoms with Gasteiger partial charge in [-0.3, -0.25) is 4.79 Å². The number of aromatic amines is 1. The molecule has 0 atom stereocenters. The van der Waals surface area contributed by atoms with Gasteiger partial charge in [0.05, 0.1) is 28.8 Å². The Morgan fingerprint density at radius 3 is 2.58 bits per heavy atom. The van der Waals surface area contributed by atoms with Crippen LogP contribution < -0.4 is 10.6 Å². The van der Waals surface area contributed by atoms with Gasteiger partial charge in [-0.2, -0.15) is 0 Å². The van der Waals surface area contributed by atoms with Crippen molar-refractivity contribution in [2.45, 2.75) is 34.1 Å². The molecule has 0 bridgehead atoms. The summed E-state index contributed by atoms with van der Waals surface area (Å²) >= 11 is 0. The van der Waals surface area contributed by atoms with Crippen LogP contribution in [0.1, 0.15) is 41.3 Å². The second kappa shape index (κ2) is 10.2. The first-order valence-electron chi connectivity index (χ1n) is 10.8. The number of benzene rings is 2. The van der Waals surface area contributed by atoms with Crippen LogP contribution >= 0.6 is 0 Å². The highest BCUT2D eigenvalue weighted by Crippen LogP contribution is 2.31. The van der Waals surface area contributed by atoms with Crippen molar-refractivity contribution in [2.75, 3.05) is 11.9 Å². The number of carbonyl (C=O) groups is 1. The summed E-state index contributed by atoms with van der Waals surface area (Å²) in [5.74, 6) is -1.00. The van der Waals surface area contributed by atoms with Crippen LogP contribution in [0.2, 0.25) is 0 Å². The average molecular weight is 455 g/mol. The Morgan fingerprint density at radius 1 is 1.15 bits per heavy atom. The summed E-state index contributed by atoms with van der Waals surface area (Å²) < 4.78 is 31.4. The fourth-order valence-corrected chi connectivity index (χ4v) is 3.37. The molecule has 2 heterocycles. The van der Waals surface area contributed by atoms with E-state index in [2.05, 4.69) is 25.6 Å². The molecule has 2 aromatic heterocycles. The molecule has 4 rings (SSSR count). The van der Waals surface area contributed by atoms with E-state index in [9.17, 15) is 9.18 Å². The fraction of sp³-hybridized carbons (Fsp3) is 0.292. The van der Waals surface area contributed by atoms with E-state index in [4.69, 9.17) is 0 Å². The summed E-state index contributed by atoms with van der Waals surface area (Å²) in [6.07, 6.45) is 3.66. The largest absolute Gasteiger partial charge is 0.352 e. The third kappa shape index (κ3) is 5.19. The SMILES string of the molecule is CC.Cc1ccc(Nc2c(C(=O)NCCc3ncc(C)[nH]3)cc3c(ncn3C)c2F)c(F)c1. The van der Waals surface area contributed by atoms with Crippen LogP contribution in [0.25, 0.3) is 11.0 Å². The summed E-state index contributed by atoms with van der Waals surface area (Å²) in [4.78, 5) is 24.3. The second-order valence-electron chi connectivity index (χ2n) is 7.46. The average Bonchev–Trinajstić information content (AvgIpc) is 3.38.